The molecule has 34 heavy (non-hydrogen) atoms. The standard InChI is InChI=1S/C25H39N3O6/c1-17(29)28-21-23-22(33-25(2,3)34-23)20(15-26)32-24(21)31-14-10-5-4-9-13-27-16-19(30)18-11-7-6-8-12-18/h6-8,11-12,20-24,27H,4-5,9-10,13-16,26H2,1-3H3,(H,28,29). The number of fused-ring (bicyclic) bond motifs is 1. The zero-order chi connectivity index (χ0) is 24.6. The van der Waals surface area contributed by atoms with Crippen LogP contribution in [0.2, 0.25) is 0 Å². The van der Waals surface area contributed by atoms with Crippen LogP contribution in [0.1, 0.15) is 56.8 Å². The molecule has 0 radical (unpaired) electrons. The molecule has 2 heterocycles. The summed E-state index contributed by atoms with van der Waals surface area (Å²) in [5.41, 5.74) is 6.64. The summed E-state index contributed by atoms with van der Waals surface area (Å²) < 4.78 is 24.1. The quantitative estimate of drug-likeness (QED) is 0.290. The Hall–Kier alpha value is -1.88. The Kier molecular flexibility index (Phi) is 9.99. The second kappa shape index (κ2) is 12.7. The van der Waals surface area contributed by atoms with Crippen molar-refractivity contribution < 1.29 is 28.5 Å². The normalized spacial score (nSPS) is 27.8. The van der Waals surface area contributed by atoms with Gasteiger partial charge in [0.05, 0.1) is 6.54 Å². The first-order chi connectivity index (χ1) is 16.3. The van der Waals surface area contributed by atoms with Crippen molar-refractivity contribution in [3.8, 4) is 0 Å². The molecule has 9 nitrogen and oxygen atoms in total. The number of ether oxygens (including phenoxy) is 4. The highest BCUT2D eigenvalue weighted by atomic mass is 16.8. The van der Waals surface area contributed by atoms with E-state index in [9.17, 15) is 9.59 Å². The first kappa shape index (κ1) is 26.7. The van der Waals surface area contributed by atoms with Crippen molar-refractivity contribution in [3.63, 3.8) is 0 Å². The van der Waals surface area contributed by atoms with Crippen molar-refractivity contribution in [2.75, 3.05) is 26.2 Å². The summed E-state index contributed by atoms with van der Waals surface area (Å²) in [6.07, 6.45) is 2.08. The van der Waals surface area contributed by atoms with Gasteiger partial charge in [-0.1, -0.05) is 43.2 Å². The number of hydrogen-bond donors (Lipinski definition) is 3. The van der Waals surface area contributed by atoms with Crippen molar-refractivity contribution in [2.45, 2.75) is 82.9 Å². The summed E-state index contributed by atoms with van der Waals surface area (Å²) in [7, 11) is 0. The van der Waals surface area contributed by atoms with Gasteiger partial charge in [0, 0.05) is 25.6 Å². The third kappa shape index (κ3) is 7.56. The number of benzene rings is 1. The molecule has 0 spiro atoms. The average molecular weight is 478 g/mol. The molecule has 1 amide bonds. The van der Waals surface area contributed by atoms with Gasteiger partial charge in [-0.3, -0.25) is 9.59 Å². The molecule has 1 aromatic carbocycles. The lowest BCUT2D eigenvalue weighted by Gasteiger charge is -2.41. The van der Waals surface area contributed by atoms with Gasteiger partial charge in [-0.15, -0.1) is 0 Å². The molecule has 0 aromatic heterocycles. The second-order valence-corrected chi connectivity index (χ2v) is 9.32. The minimum atomic E-state index is -0.780. The highest BCUT2D eigenvalue weighted by Crippen LogP contribution is 2.37. The summed E-state index contributed by atoms with van der Waals surface area (Å²) in [5, 5.41) is 6.12. The van der Waals surface area contributed by atoms with Gasteiger partial charge in [-0.05, 0) is 33.2 Å². The van der Waals surface area contributed by atoms with Gasteiger partial charge >= 0.3 is 0 Å². The van der Waals surface area contributed by atoms with Crippen molar-refractivity contribution in [3.05, 3.63) is 35.9 Å². The third-order valence-electron chi connectivity index (χ3n) is 6.00. The van der Waals surface area contributed by atoms with E-state index in [0.29, 0.717) is 13.2 Å². The van der Waals surface area contributed by atoms with Crippen LogP contribution in [0.3, 0.4) is 0 Å². The van der Waals surface area contributed by atoms with E-state index < -0.39 is 24.2 Å². The topological polar surface area (TPSA) is 121 Å². The van der Waals surface area contributed by atoms with Gasteiger partial charge in [0.1, 0.15) is 24.4 Å². The van der Waals surface area contributed by atoms with E-state index in [4.69, 9.17) is 24.7 Å². The number of carbonyl (C=O) groups is 2. The Bertz CT molecular complexity index is 790. The molecule has 190 valence electrons. The van der Waals surface area contributed by atoms with Crippen LogP contribution in [0.4, 0.5) is 0 Å². The van der Waals surface area contributed by atoms with Crippen molar-refractivity contribution in [2.24, 2.45) is 5.73 Å². The fourth-order valence-corrected chi connectivity index (χ4v) is 4.42. The second-order valence-electron chi connectivity index (χ2n) is 9.32. The first-order valence-electron chi connectivity index (χ1n) is 12.2. The lowest BCUT2D eigenvalue weighted by atomic mass is 9.96. The van der Waals surface area contributed by atoms with Gasteiger partial charge in [0.15, 0.2) is 17.9 Å². The maximum absolute atomic E-state index is 12.1. The van der Waals surface area contributed by atoms with Gasteiger partial charge in [0.2, 0.25) is 5.91 Å². The molecule has 4 N–H and O–H groups in total. The largest absolute Gasteiger partial charge is 0.350 e. The number of nitrogens with two attached hydrogens (primary N) is 1. The monoisotopic (exact) mass is 477 g/mol. The molecule has 2 aliphatic heterocycles. The van der Waals surface area contributed by atoms with Gasteiger partial charge in [-0.25, -0.2) is 0 Å². The van der Waals surface area contributed by atoms with E-state index in [2.05, 4.69) is 10.6 Å². The SMILES string of the molecule is CC(=O)NC1C(OCCCCCCNCC(=O)c2ccccc2)OC(CN)C2OC(C)(C)OC12. The van der Waals surface area contributed by atoms with Crippen LogP contribution >= 0.6 is 0 Å². The van der Waals surface area contributed by atoms with E-state index in [-0.39, 0.29) is 30.4 Å². The van der Waals surface area contributed by atoms with Crippen LogP contribution in [0, 0.1) is 0 Å². The predicted molar refractivity (Wildman–Crippen MR) is 127 cm³/mol. The van der Waals surface area contributed by atoms with Gasteiger partial charge < -0.3 is 35.3 Å². The van der Waals surface area contributed by atoms with E-state index in [0.717, 1.165) is 37.8 Å². The summed E-state index contributed by atoms with van der Waals surface area (Å²) in [6.45, 7) is 7.06. The molecule has 9 heteroatoms. The Morgan fingerprint density at radius 2 is 1.76 bits per heavy atom. The average Bonchev–Trinajstić information content (AvgIpc) is 3.14. The summed E-state index contributed by atoms with van der Waals surface area (Å²) >= 11 is 0. The number of rotatable bonds is 13. The van der Waals surface area contributed by atoms with Crippen LogP contribution in [0.25, 0.3) is 0 Å². The molecule has 5 unspecified atom stereocenters. The van der Waals surface area contributed by atoms with E-state index in [1.165, 1.54) is 6.92 Å². The minimum Gasteiger partial charge on any atom is -0.350 e. The molecule has 0 bridgehead atoms. The van der Waals surface area contributed by atoms with Crippen LogP contribution < -0.4 is 16.4 Å². The number of ketones is 1. The molecular formula is C25H39N3O6. The van der Waals surface area contributed by atoms with Crippen LogP contribution in [-0.2, 0) is 23.7 Å². The molecule has 0 saturated carbocycles. The number of amides is 1. The zero-order valence-electron chi connectivity index (χ0n) is 20.5. The molecule has 5 atom stereocenters. The minimum absolute atomic E-state index is 0.105. The molecular weight excluding hydrogens is 438 g/mol. The van der Waals surface area contributed by atoms with Crippen LogP contribution in [0.5, 0.6) is 0 Å². The molecule has 0 aliphatic carbocycles. The van der Waals surface area contributed by atoms with E-state index in [1.807, 2.05) is 44.2 Å². The fourth-order valence-electron chi connectivity index (χ4n) is 4.42. The van der Waals surface area contributed by atoms with Crippen LogP contribution in [0.15, 0.2) is 30.3 Å². The predicted octanol–water partition coefficient (Wildman–Crippen LogP) is 1.74. The first-order valence-corrected chi connectivity index (χ1v) is 12.2. The number of carbonyl (C=O) groups excluding carboxylic acids is 2. The third-order valence-corrected chi connectivity index (χ3v) is 6.00. The number of nitrogens with one attached hydrogen (secondary N) is 2. The van der Waals surface area contributed by atoms with E-state index >= 15 is 0 Å². The smallest absolute Gasteiger partial charge is 0.217 e. The maximum atomic E-state index is 12.1. The Balaban J connectivity index is 1.35. The van der Waals surface area contributed by atoms with E-state index in [1.54, 1.807) is 0 Å². The summed E-state index contributed by atoms with van der Waals surface area (Å²) in [4.78, 5) is 23.9. The summed E-state index contributed by atoms with van der Waals surface area (Å²) in [6, 6.07) is 8.84. The Labute approximate surface area is 202 Å². The number of hydrogen-bond acceptors (Lipinski definition) is 8. The molecule has 2 saturated heterocycles. The van der Waals surface area contributed by atoms with Crippen molar-refractivity contribution in [1.82, 2.24) is 10.6 Å². The van der Waals surface area contributed by atoms with Gasteiger partial charge in [0.25, 0.3) is 0 Å². The van der Waals surface area contributed by atoms with Crippen molar-refractivity contribution in [1.29, 1.82) is 0 Å². The molecule has 2 aliphatic rings. The van der Waals surface area contributed by atoms with Gasteiger partial charge in [-0.2, -0.15) is 0 Å². The number of Topliss-reactive ketones (excluding diaryl/α,β-unsaturated/α-hetero) is 1. The lowest BCUT2D eigenvalue weighted by Crippen LogP contribution is -2.64. The Morgan fingerprint density at radius 3 is 2.47 bits per heavy atom. The van der Waals surface area contributed by atoms with Crippen LogP contribution in [-0.4, -0.2) is 74.4 Å². The highest BCUT2D eigenvalue weighted by Gasteiger charge is 2.55. The molecule has 1 aromatic rings. The lowest BCUT2D eigenvalue weighted by molar-refractivity contribution is -0.242. The zero-order valence-corrected chi connectivity index (χ0v) is 20.5. The summed E-state index contributed by atoms with van der Waals surface area (Å²) in [5.74, 6) is -0.857. The highest BCUT2D eigenvalue weighted by molar-refractivity contribution is 5.97. The Morgan fingerprint density at radius 1 is 1.06 bits per heavy atom. The number of unbranched alkanes of at least 4 members (excludes halogenated alkanes) is 3. The van der Waals surface area contributed by atoms with Crippen molar-refractivity contribution >= 4 is 11.7 Å². The maximum Gasteiger partial charge on any atom is 0.217 e. The molecule has 3 rings (SSSR count). The fraction of sp³-hybridized carbons (Fsp3) is 0.680. The molecule has 2 fully saturated rings.